The third-order valence-electron chi connectivity index (χ3n) is 3.01. The summed E-state index contributed by atoms with van der Waals surface area (Å²) in [5, 5.41) is 9.50. The predicted octanol–water partition coefficient (Wildman–Crippen LogP) is 1.47. The molecule has 1 fully saturated rings. The van der Waals surface area contributed by atoms with Gasteiger partial charge in [0.1, 0.15) is 5.82 Å². The number of likely N-dealkylation sites (tertiary alicyclic amines) is 1. The monoisotopic (exact) mass is 237 g/mol. The van der Waals surface area contributed by atoms with Crippen molar-refractivity contribution in [3.8, 4) is 0 Å². The van der Waals surface area contributed by atoms with Gasteiger partial charge in [-0.05, 0) is 43.7 Å². The summed E-state index contributed by atoms with van der Waals surface area (Å²) < 4.78 is 12.7. The number of benzene rings is 1. The van der Waals surface area contributed by atoms with Crippen molar-refractivity contribution in [3.05, 3.63) is 35.6 Å². The van der Waals surface area contributed by atoms with Gasteiger partial charge in [0.25, 0.3) is 0 Å². The van der Waals surface area contributed by atoms with E-state index in [0.717, 1.165) is 19.4 Å². The molecule has 0 aromatic heterocycles. The molecule has 1 heterocycles. The molecule has 1 N–H and O–H groups in total. The van der Waals surface area contributed by atoms with Crippen LogP contribution in [0.4, 0.5) is 4.39 Å². The molecule has 1 unspecified atom stereocenters. The molecule has 92 valence electrons. The first-order chi connectivity index (χ1) is 8.15. The van der Waals surface area contributed by atoms with E-state index >= 15 is 0 Å². The third-order valence-corrected chi connectivity index (χ3v) is 3.01. The highest BCUT2D eigenvalue weighted by Gasteiger charge is 2.20. The topological polar surface area (TPSA) is 40.5 Å². The summed E-state index contributed by atoms with van der Waals surface area (Å²) in [6, 6.07) is 5.58. The fourth-order valence-corrected chi connectivity index (χ4v) is 2.10. The van der Waals surface area contributed by atoms with Gasteiger partial charge in [-0.2, -0.15) is 0 Å². The Balaban J connectivity index is 1.94. The number of carbonyl (C=O) groups excluding carboxylic acids is 1. The van der Waals surface area contributed by atoms with Gasteiger partial charge in [0.05, 0.1) is 12.6 Å². The molecule has 0 radical (unpaired) electrons. The average molecular weight is 237 g/mol. The van der Waals surface area contributed by atoms with E-state index in [2.05, 4.69) is 0 Å². The molecule has 1 aliphatic heterocycles. The summed E-state index contributed by atoms with van der Waals surface area (Å²) in [4.78, 5) is 13.8. The van der Waals surface area contributed by atoms with E-state index in [1.807, 2.05) is 4.90 Å². The van der Waals surface area contributed by atoms with Crippen LogP contribution in [0.3, 0.4) is 0 Å². The van der Waals surface area contributed by atoms with Crippen molar-refractivity contribution in [2.24, 2.45) is 0 Å². The second-order valence-corrected chi connectivity index (χ2v) is 4.46. The van der Waals surface area contributed by atoms with E-state index in [-0.39, 0.29) is 17.7 Å². The first-order valence-electron chi connectivity index (χ1n) is 5.84. The summed E-state index contributed by atoms with van der Waals surface area (Å²) in [6.07, 6.45) is 1.39. The Kier molecular flexibility index (Phi) is 3.86. The fourth-order valence-electron chi connectivity index (χ4n) is 2.10. The van der Waals surface area contributed by atoms with E-state index in [1.54, 1.807) is 0 Å². The maximum absolute atomic E-state index is 12.7. The SMILES string of the molecule is O=C(CN1CCCC(O)C1)c1ccc(F)cc1. The summed E-state index contributed by atoms with van der Waals surface area (Å²) >= 11 is 0. The van der Waals surface area contributed by atoms with E-state index in [0.29, 0.717) is 18.7 Å². The van der Waals surface area contributed by atoms with Gasteiger partial charge >= 0.3 is 0 Å². The molecule has 1 aromatic rings. The summed E-state index contributed by atoms with van der Waals surface area (Å²) in [5.74, 6) is -0.367. The minimum Gasteiger partial charge on any atom is -0.392 e. The minimum absolute atomic E-state index is 0.0286. The van der Waals surface area contributed by atoms with Crippen LogP contribution in [0.15, 0.2) is 24.3 Å². The molecular weight excluding hydrogens is 221 g/mol. The average Bonchev–Trinajstić information content (AvgIpc) is 2.29. The zero-order chi connectivity index (χ0) is 12.3. The van der Waals surface area contributed by atoms with Crippen molar-refractivity contribution >= 4 is 5.78 Å². The largest absolute Gasteiger partial charge is 0.392 e. The summed E-state index contributed by atoms with van der Waals surface area (Å²) in [6.45, 7) is 1.68. The number of β-amino-alcohol motifs (C(OH)–C–C–N with tert-alkyl or cyclic N) is 1. The molecule has 2 rings (SSSR count). The van der Waals surface area contributed by atoms with Gasteiger partial charge in [0.2, 0.25) is 0 Å². The standard InChI is InChI=1S/C13H16FNO2/c14-11-5-3-10(4-6-11)13(17)9-15-7-1-2-12(16)8-15/h3-6,12,16H,1-2,7-9H2. The van der Waals surface area contributed by atoms with Gasteiger partial charge in [-0.25, -0.2) is 4.39 Å². The van der Waals surface area contributed by atoms with Gasteiger partial charge in [-0.3, -0.25) is 9.69 Å². The summed E-state index contributed by atoms with van der Waals surface area (Å²) in [5.41, 5.74) is 0.520. The Hall–Kier alpha value is -1.26. The Morgan fingerprint density at radius 3 is 2.76 bits per heavy atom. The number of carbonyl (C=O) groups is 1. The second-order valence-electron chi connectivity index (χ2n) is 4.46. The van der Waals surface area contributed by atoms with Crippen LogP contribution in [-0.4, -0.2) is 41.5 Å². The smallest absolute Gasteiger partial charge is 0.176 e. The van der Waals surface area contributed by atoms with Crippen molar-refractivity contribution in [1.29, 1.82) is 0 Å². The van der Waals surface area contributed by atoms with Gasteiger partial charge in [0, 0.05) is 12.1 Å². The predicted molar refractivity (Wildman–Crippen MR) is 62.4 cm³/mol. The van der Waals surface area contributed by atoms with Crippen LogP contribution in [0, 0.1) is 5.82 Å². The first-order valence-corrected chi connectivity index (χ1v) is 5.84. The molecule has 1 aromatic carbocycles. The molecule has 0 spiro atoms. The normalized spacial score (nSPS) is 21.4. The van der Waals surface area contributed by atoms with Crippen LogP contribution >= 0.6 is 0 Å². The van der Waals surface area contributed by atoms with Gasteiger partial charge in [-0.15, -0.1) is 0 Å². The highest BCUT2D eigenvalue weighted by molar-refractivity contribution is 5.97. The maximum Gasteiger partial charge on any atom is 0.176 e. The molecule has 1 aliphatic rings. The molecule has 1 saturated heterocycles. The number of halogens is 1. The Labute approximate surface area is 99.9 Å². The molecule has 0 amide bonds. The van der Waals surface area contributed by atoms with Gasteiger partial charge in [0.15, 0.2) is 5.78 Å². The molecule has 0 bridgehead atoms. The van der Waals surface area contributed by atoms with E-state index in [1.165, 1.54) is 24.3 Å². The molecule has 1 atom stereocenters. The number of piperidine rings is 1. The summed E-state index contributed by atoms with van der Waals surface area (Å²) in [7, 11) is 0. The number of rotatable bonds is 3. The van der Waals surface area contributed by atoms with Crippen LogP contribution < -0.4 is 0 Å². The lowest BCUT2D eigenvalue weighted by Gasteiger charge is -2.29. The first kappa shape index (κ1) is 12.2. The van der Waals surface area contributed by atoms with Crippen molar-refractivity contribution in [2.75, 3.05) is 19.6 Å². The van der Waals surface area contributed by atoms with Crippen molar-refractivity contribution in [2.45, 2.75) is 18.9 Å². The lowest BCUT2D eigenvalue weighted by molar-refractivity contribution is 0.0634. The Morgan fingerprint density at radius 2 is 2.12 bits per heavy atom. The van der Waals surface area contributed by atoms with Crippen LogP contribution in [0.5, 0.6) is 0 Å². The van der Waals surface area contributed by atoms with Crippen LogP contribution in [0.1, 0.15) is 23.2 Å². The van der Waals surface area contributed by atoms with Crippen LogP contribution in [-0.2, 0) is 0 Å². The molecule has 0 saturated carbocycles. The van der Waals surface area contributed by atoms with E-state index in [9.17, 15) is 14.3 Å². The second kappa shape index (κ2) is 5.38. The fraction of sp³-hybridized carbons (Fsp3) is 0.462. The van der Waals surface area contributed by atoms with E-state index in [4.69, 9.17) is 0 Å². The minimum atomic E-state index is -0.338. The number of nitrogens with zero attached hydrogens (tertiary/aromatic N) is 1. The number of aliphatic hydroxyl groups excluding tert-OH is 1. The quantitative estimate of drug-likeness (QED) is 0.809. The van der Waals surface area contributed by atoms with Gasteiger partial charge in [-0.1, -0.05) is 0 Å². The van der Waals surface area contributed by atoms with Crippen molar-refractivity contribution in [1.82, 2.24) is 4.90 Å². The van der Waals surface area contributed by atoms with Crippen molar-refractivity contribution in [3.63, 3.8) is 0 Å². The maximum atomic E-state index is 12.7. The number of hydrogen-bond donors (Lipinski definition) is 1. The van der Waals surface area contributed by atoms with Crippen molar-refractivity contribution < 1.29 is 14.3 Å². The van der Waals surface area contributed by atoms with Crippen LogP contribution in [0.2, 0.25) is 0 Å². The molecule has 17 heavy (non-hydrogen) atoms. The zero-order valence-corrected chi connectivity index (χ0v) is 9.60. The lowest BCUT2D eigenvalue weighted by atomic mass is 10.1. The Morgan fingerprint density at radius 1 is 1.41 bits per heavy atom. The highest BCUT2D eigenvalue weighted by atomic mass is 19.1. The molecule has 0 aliphatic carbocycles. The lowest BCUT2D eigenvalue weighted by Crippen LogP contribution is -2.41. The number of aliphatic hydroxyl groups is 1. The number of Topliss-reactive ketones (excluding diaryl/α,β-unsaturated/α-hetero) is 1. The number of hydrogen-bond acceptors (Lipinski definition) is 3. The van der Waals surface area contributed by atoms with Crippen LogP contribution in [0.25, 0.3) is 0 Å². The van der Waals surface area contributed by atoms with E-state index < -0.39 is 0 Å². The molecule has 3 nitrogen and oxygen atoms in total. The third kappa shape index (κ3) is 3.35. The highest BCUT2D eigenvalue weighted by Crippen LogP contribution is 2.11. The Bertz CT molecular complexity index is 391. The van der Waals surface area contributed by atoms with Gasteiger partial charge < -0.3 is 5.11 Å². The molecule has 4 heteroatoms. The molecular formula is C13H16FNO2. The number of ketones is 1. The zero-order valence-electron chi connectivity index (χ0n) is 9.60.